The second-order valence-electron chi connectivity index (χ2n) is 9.74. The Morgan fingerprint density at radius 2 is 2.03 bits per heavy atom. The number of rotatable bonds is 7. The number of nitrogens with two attached hydrogens (primary N) is 1. The van der Waals surface area contributed by atoms with Gasteiger partial charge in [0, 0.05) is 27.8 Å². The van der Waals surface area contributed by atoms with Crippen LogP contribution in [-0.2, 0) is 11.2 Å². The van der Waals surface area contributed by atoms with Gasteiger partial charge in [-0.1, -0.05) is 64.6 Å². The van der Waals surface area contributed by atoms with E-state index in [9.17, 15) is 10.1 Å². The molecule has 2 aromatic rings. The van der Waals surface area contributed by atoms with E-state index in [0.29, 0.717) is 40.2 Å². The Kier molecular flexibility index (Phi) is 7.72. The van der Waals surface area contributed by atoms with Crippen molar-refractivity contribution in [3.63, 3.8) is 0 Å². The zero-order valence-corrected chi connectivity index (χ0v) is 24.2. The average molecular weight is 546 g/mol. The number of carbonyl (C=O) groups excluding carboxylic acids is 1. The minimum Gasteiger partial charge on any atom is -0.384 e. The van der Waals surface area contributed by atoms with Gasteiger partial charge in [-0.2, -0.15) is 5.26 Å². The van der Waals surface area contributed by atoms with Crippen molar-refractivity contribution >= 4 is 57.1 Å². The predicted molar refractivity (Wildman–Crippen MR) is 148 cm³/mol. The lowest BCUT2D eigenvalue weighted by Gasteiger charge is -2.42. The Bertz CT molecular complexity index is 1250. The minimum atomic E-state index is -0.446. The number of allylic oxidation sites excluding steroid dienone is 3. The number of anilines is 1. The van der Waals surface area contributed by atoms with Crippen LogP contribution < -0.4 is 10.6 Å². The first-order valence-electron chi connectivity index (χ1n) is 11.8. The molecule has 0 saturated carbocycles. The Morgan fingerprint density at radius 1 is 1.29 bits per heavy atom. The van der Waals surface area contributed by atoms with Crippen LogP contribution in [-0.4, -0.2) is 27.0 Å². The van der Waals surface area contributed by atoms with E-state index >= 15 is 0 Å². The van der Waals surface area contributed by atoms with E-state index in [1.165, 1.54) is 20.4 Å². The van der Waals surface area contributed by atoms with Gasteiger partial charge in [0.05, 0.1) is 21.8 Å². The van der Waals surface area contributed by atoms with Crippen molar-refractivity contribution in [1.82, 2.24) is 10.2 Å². The molecule has 0 aromatic carbocycles. The molecule has 4 rings (SSSR count). The number of hydrogen-bond acceptors (Lipinski definition) is 10. The van der Waals surface area contributed by atoms with Crippen molar-refractivity contribution < 1.29 is 4.79 Å². The molecule has 0 amide bonds. The number of nitrogens with zero attached hydrogens (tertiary/aromatic N) is 4. The third-order valence-corrected chi connectivity index (χ3v) is 10.5. The van der Waals surface area contributed by atoms with Crippen molar-refractivity contribution in [3.05, 3.63) is 39.2 Å². The highest BCUT2D eigenvalue weighted by atomic mass is 32.2. The van der Waals surface area contributed by atoms with Gasteiger partial charge in [-0.25, -0.2) is 0 Å². The summed E-state index contributed by atoms with van der Waals surface area (Å²) in [4.78, 5) is 16.9. The maximum atomic E-state index is 13.8. The third kappa shape index (κ3) is 5.06. The van der Waals surface area contributed by atoms with E-state index in [0.717, 1.165) is 27.8 Å². The number of thioether (sulfide) groups is 2. The molecule has 0 radical (unpaired) electrons. The van der Waals surface area contributed by atoms with Crippen LogP contribution in [0, 0.1) is 16.7 Å². The number of aromatic nitrogens is 2. The fourth-order valence-electron chi connectivity index (χ4n) is 4.64. The highest BCUT2D eigenvalue weighted by Gasteiger charge is 2.46. The lowest BCUT2D eigenvalue weighted by molar-refractivity contribution is -0.118. The molecule has 0 spiro atoms. The first-order chi connectivity index (χ1) is 16.6. The molecular formula is C25H31N5OS4. The molecule has 0 bridgehead atoms. The quantitative estimate of drug-likeness (QED) is 0.383. The number of nitriles is 1. The monoisotopic (exact) mass is 545 g/mol. The Balaban J connectivity index is 1.95. The fraction of sp³-hybridized carbons (Fsp3) is 0.520. The maximum Gasteiger partial charge on any atom is 0.219 e. The standard InChI is InChI=1S/C25H31N5OS4/c1-7-14-9-15(22(34-14)32-8-2)19-16(12-26)21(27)30(23-28-29-24(35-23)33-13(3)4)17-10-25(5,6)11-18(31)20(17)19/h9,13,19H,7-8,10-11,27H2,1-6H3. The molecule has 2 aliphatic rings. The van der Waals surface area contributed by atoms with Crippen LogP contribution in [0.2, 0.25) is 0 Å². The smallest absolute Gasteiger partial charge is 0.219 e. The minimum absolute atomic E-state index is 0.0875. The molecular weight excluding hydrogens is 515 g/mol. The highest BCUT2D eigenvalue weighted by molar-refractivity contribution is 8.01. The van der Waals surface area contributed by atoms with Crippen LogP contribution in [0.3, 0.4) is 0 Å². The van der Waals surface area contributed by atoms with Crippen molar-refractivity contribution in [3.8, 4) is 6.07 Å². The molecule has 2 aromatic heterocycles. The summed E-state index contributed by atoms with van der Waals surface area (Å²) in [7, 11) is 0. The number of carbonyl (C=O) groups is 1. The van der Waals surface area contributed by atoms with Crippen LogP contribution in [0.5, 0.6) is 0 Å². The number of hydrogen-bond donors (Lipinski definition) is 1. The summed E-state index contributed by atoms with van der Waals surface area (Å²) in [6, 6.07) is 4.56. The second-order valence-corrected chi connectivity index (χ2v) is 15.2. The van der Waals surface area contributed by atoms with Crippen LogP contribution in [0.4, 0.5) is 5.13 Å². The van der Waals surface area contributed by atoms with E-state index in [4.69, 9.17) is 5.73 Å². The summed E-state index contributed by atoms with van der Waals surface area (Å²) in [5.41, 5.74) is 9.57. The van der Waals surface area contributed by atoms with Crippen LogP contribution in [0.1, 0.15) is 70.7 Å². The van der Waals surface area contributed by atoms with Crippen molar-refractivity contribution in [2.45, 2.75) is 80.5 Å². The zero-order chi connectivity index (χ0) is 25.5. The molecule has 3 heterocycles. The van der Waals surface area contributed by atoms with Crippen LogP contribution in [0.25, 0.3) is 0 Å². The van der Waals surface area contributed by atoms with E-state index in [2.05, 4.69) is 63.9 Å². The second kappa shape index (κ2) is 10.3. The largest absolute Gasteiger partial charge is 0.384 e. The Morgan fingerprint density at radius 3 is 2.66 bits per heavy atom. The Labute approximate surface area is 224 Å². The molecule has 10 heteroatoms. The third-order valence-electron chi connectivity index (χ3n) is 6.02. The molecule has 1 aliphatic heterocycles. The molecule has 2 N–H and O–H groups in total. The lowest BCUT2D eigenvalue weighted by Crippen LogP contribution is -2.42. The molecule has 1 atom stereocenters. The molecule has 1 unspecified atom stereocenters. The summed E-state index contributed by atoms with van der Waals surface area (Å²) in [5, 5.41) is 20.1. The van der Waals surface area contributed by atoms with Gasteiger partial charge >= 0.3 is 0 Å². The summed E-state index contributed by atoms with van der Waals surface area (Å²) in [6.45, 7) is 12.7. The van der Waals surface area contributed by atoms with Crippen molar-refractivity contribution in [2.24, 2.45) is 11.1 Å². The van der Waals surface area contributed by atoms with E-state index < -0.39 is 5.92 Å². The van der Waals surface area contributed by atoms with Gasteiger partial charge in [0.25, 0.3) is 0 Å². The van der Waals surface area contributed by atoms with Crippen molar-refractivity contribution in [1.29, 1.82) is 5.26 Å². The molecule has 6 nitrogen and oxygen atoms in total. The molecule has 1 aliphatic carbocycles. The number of aryl methyl sites for hydroxylation is 1. The first kappa shape index (κ1) is 26.3. The summed E-state index contributed by atoms with van der Waals surface area (Å²) in [5.74, 6) is 0.919. The molecule has 0 saturated heterocycles. The van der Waals surface area contributed by atoms with Gasteiger partial charge in [-0.05, 0) is 35.6 Å². The number of ketones is 1. The maximum absolute atomic E-state index is 13.8. The predicted octanol–water partition coefficient (Wildman–Crippen LogP) is 6.72. The number of Topliss-reactive ketones (excluding diaryl/α,β-unsaturated/α-hetero) is 1. The van der Waals surface area contributed by atoms with Gasteiger partial charge < -0.3 is 5.73 Å². The fourth-order valence-corrected chi connectivity index (χ4v) is 9.12. The topological polar surface area (TPSA) is 95.9 Å². The van der Waals surface area contributed by atoms with Gasteiger partial charge in [0.15, 0.2) is 10.1 Å². The van der Waals surface area contributed by atoms with Gasteiger partial charge in [-0.15, -0.1) is 33.3 Å². The normalized spacial score (nSPS) is 20.0. The molecule has 0 fully saturated rings. The summed E-state index contributed by atoms with van der Waals surface area (Å²) in [6.07, 6.45) is 2.04. The highest BCUT2D eigenvalue weighted by Crippen LogP contribution is 2.53. The SMILES string of the molecule is CCSc1sc(CC)cc1C1C(C#N)=C(N)N(c2nnc(SC(C)C)s2)C2=C1C(=O)CC(C)(C)C2. The van der Waals surface area contributed by atoms with Crippen LogP contribution in [0.15, 0.2) is 37.3 Å². The first-order valence-corrected chi connectivity index (χ1v) is 15.3. The van der Waals surface area contributed by atoms with Gasteiger partial charge in [-0.3, -0.25) is 9.69 Å². The van der Waals surface area contributed by atoms with E-state index in [1.807, 2.05) is 4.90 Å². The lowest BCUT2D eigenvalue weighted by atomic mass is 9.69. The van der Waals surface area contributed by atoms with Gasteiger partial charge in [0.2, 0.25) is 5.13 Å². The van der Waals surface area contributed by atoms with E-state index in [-0.39, 0.29) is 11.2 Å². The molecule has 186 valence electrons. The van der Waals surface area contributed by atoms with E-state index in [1.54, 1.807) is 34.9 Å². The Hall–Kier alpha value is -1.80. The number of thiophene rings is 1. The zero-order valence-electron chi connectivity index (χ0n) is 21.0. The van der Waals surface area contributed by atoms with Crippen molar-refractivity contribution in [2.75, 3.05) is 10.7 Å². The summed E-state index contributed by atoms with van der Waals surface area (Å²) < 4.78 is 2.01. The van der Waals surface area contributed by atoms with Gasteiger partial charge in [0.1, 0.15) is 5.82 Å². The van der Waals surface area contributed by atoms with Crippen LogP contribution >= 0.6 is 46.2 Å². The molecule has 35 heavy (non-hydrogen) atoms. The summed E-state index contributed by atoms with van der Waals surface area (Å²) >= 11 is 6.62. The average Bonchev–Trinajstić information content (AvgIpc) is 3.38.